The fraction of sp³-hybridized carbons (Fsp3) is 0.400. The summed E-state index contributed by atoms with van der Waals surface area (Å²) in [5.41, 5.74) is 0.619. The minimum atomic E-state index is -0.441. The van der Waals surface area contributed by atoms with E-state index in [0.717, 1.165) is 24.8 Å². The molecule has 0 radical (unpaired) electrons. The second-order valence-corrected chi connectivity index (χ2v) is 4.85. The first-order valence-corrected chi connectivity index (χ1v) is 6.27. The third kappa shape index (κ3) is 1.93. The third-order valence-corrected chi connectivity index (χ3v) is 3.72. The first kappa shape index (κ1) is 10.7. The maximum atomic E-state index is 12.1. The Hall–Kier alpha value is -1.41. The summed E-state index contributed by atoms with van der Waals surface area (Å²) in [6.45, 7) is 0. The number of hydrogen-bond acceptors (Lipinski definition) is 2. The molecule has 2 fully saturated rings. The lowest BCUT2D eigenvalue weighted by molar-refractivity contribution is -0.119. The average molecular weight is 228 g/mol. The Labute approximate surface area is 101 Å². The normalized spacial score (nSPS) is 31.2. The van der Waals surface area contributed by atoms with Crippen LogP contribution in [-0.2, 0) is 9.53 Å². The summed E-state index contributed by atoms with van der Waals surface area (Å²) in [4.78, 5) is 12.1. The second-order valence-electron chi connectivity index (χ2n) is 4.85. The SMILES string of the molecule is O=C(/C=C/c1ccccc1)[C@@]12CCCC[C@@H]1O2. The Bertz CT molecular complexity index is 449. The summed E-state index contributed by atoms with van der Waals surface area (Å²) in [5, 5.41) is 0. The van der Waals surface area contributed by atoms with Crippen molar-refractivity contribution in [3.8, 4) is 0 Å². The molecule has 1 aliphatic heterocycles. The van der Waals surface area contributed by atoms with Crippen molar-refractivity contribution in [2.24, 2.45) is 0 Å². The highest BCUT2D eigenvalue weighted by molar-refractivity contribution is 6.02. The van der Waals surface area contributed by atoms with Gasteiger partial charge in [-0.1, -0.05) is 42.8 Å². The van der Waals surface area contributed by atoms with Crippen LogP contribution in [0.25, 0.3) is 6.08 Å². The van der Waals surface area contributed by atoms with Crippen LogP contribution in [0, 0.1) is 0 Å². The number of epoxide rings is 1. The minimum Gasteiger partial charge on any atom is -0.357 e. The van der Waals surface area contributed by atoms with Gasteiger partial charge in [0.15, 0.2) is 11.4 Å². The largest absolute Gasteiger partial charge is 0.357 e. The Balaban J connectivity index is 1.70. The van der Waals surface area contributed by atoms with E-state index in [4.69, 9.17) is 4.74 Å². The number of hydrogen-bond donors (Lipinski definition) is 0. The molecule has 17 heavy (non-hydrogen) atoms. The average Bonchev–Trinajstić information content (AvgIpc) is 3.13. The molecule has 1 heterocycles. The van der Waals surface area contributed by atoms with Crippen molar-refractivity contribution in [1.82, 2.24) is 0 Å². The zero-order valence-electron chi connectivity index (χ0n) is 9.76. The molecule has 2 atom stereocenters. The van der Waals surface area contributed by atoms with E-state index in [0.29, 0.717) is 0 Å². The van der Waals surface area contributed by atoms with Crippen molar-refractivity contribution in [3.05, 3.63) is 42.0 Å². The Morgan fingerprint density at radius 2 is 2.12 bits per heavy atom. The van der Waals surface area contributed by atoms with Crippen molar-refractivity contribution in [2.75, 3.05) is 0 Å². The highest BCUT2D eigenvalue weighted by atomic mass is 16.6. The van der Waals surface area contributed by atoms with Crippen molar-refractivity contribution in [1.29, 1.82) is 0 Å². The zero-order valence-corrected chi connectivity index (χ0v) is 9.76. The number of rotatable bonds is 3. The Morgan fingerprint density at radius 1 is 1.29 bits per heavy atom. The fourth-order valence-electron chi connectivity index (χ4n) is 2.67. The standard InChI is InChI=1S/C15H16O2/c16-13(10-9-12-6-2-1-3-7-12)15-11-5-4-8-14(15)17-15/h1-3,6-7,9-10,14H,4-5,8,11H2/b10-9+/t14-,15-/m0/s1. The number of benzene rings is 1. The van der Waals surface area contributed by atoms with Crippen LogP contribution in [0.5, 0.6) is 0 Å². The minimum absolute atomic E-state index is 0.144. The summed E-state index contributed by atoms with van der Waals surface area (Å²) in [5.74, 6) is 0.144. The number of ether oxygens (including phenoxy) is 1. The van der Waals surface area contributed by atoms with Gasteiger partial charge >= 0.3 is 0 Å². The lowest BCUT2D eigenvalue weighted by Gasteiger charge is -2.13. The highest BCUT2D eigenvalue weighted by Gasteiger charge is 2.61. The van der Waals surface area contributed by atoms with E-state index in [1.54, 1.807) is 6.08 Å². The lowest BCUT2D eigenvalue weighted by Crippen LogP contribution is -2.28. The molecule has 0 spiro atoms. The van der Waals surface area contributed by atoms with Gasteiger partial charge in [-0.3, -0.25) is 4.79 Å². The van der Waals surface area contributed by atoms with Gasteiger partial charge in [0.2, 0.25) is 0 Å². The molecule has 0 unspecified atom stereocenters. The summed E-state index contributed by atoms with van der Waals surface area (Å²) in [6, 6.07) is 9.90. The van der Waals surface area contributed by atoms with Gasteiger partial charge in [0.05, 0.1) is 6.10 Å². The number of ketones is 1. The number of carbonyl (C=O) groups excluding carboxylic acids is 1. The molecule has 0 aromatic heterocycles. The van der Waals surface area contributed by atoms with E-state index in [9.17, 15) is 4.79 Å². The predicted octanol–water partition coefficient (Wildman–Crippen LogP) is 2.98. The molecule has 2 aliphatic rings. The van der Waals surface area contributed by atoms with E-state index in [1.165, 1.54) is 6.42 Å². The van der Waals surface area contributed by atoms with Crippen LogP contribution in [0.15, 0.2) is 36.4 Å². The molecule has 2 nitrogen and oxygen atoms in total. The first-order chi connectivity index (χ1) is 8.31. The van der Waals surface area contributed by atoms with Crippen LogP contribution in [0.1, 0.15) is 31.2 Å². The molecular formula is C15H16O2. The van der Waals surface area contributed by atoms with E-state index in [1.807, 2.05) is 36.4 Å². The molecule has 0 bridgehead atoms. The number of carbonyl (C=O) groups is 1. The van der Waals surface area contributed by atoms with Crippen LogP contribution < -0.4 is 0 Å². The molecule has 1 aromatic carbocycles. The summed E-state index contributed by atoms with van der Waals surface area (Å²) in [7, 11) is 0. The molecule has 0 amide bonds. The third-order valence-electron chi connectivity index (χ3n) is 3.72. The van der Waals surface area contributed by atoms with E-state index < -0.39 is 5.60 Å². The maximum Gasteiger partial charge on any atom is 0.190 e. The molecule has 1 aromatic rings. The topological polar surface area (TPSA) is 29.6 Å². The molecule has 2 heteroatoms. The van der Waals surface area contributed by atoms with Crippen molar-refractivity contribution < 1.29 is 9.53 Å². The van der Waals surface area contributed by atoms with Crippen molar-refractivity contribution >= 4 is 11.9 Å². The number of fused-ring (bicyclic) bond motifs is 1. The second kappa shape index (κ2) is 4.11. The monoisotopic (exact) mass is 228 g/mol. The van der Waals surface area contributed by atoms with E-state index in [-0.39, 0.29) is 11.9 Å². The molecular weight excluding hydrogens is 212 g/mol. The molecule has 1 saturated heterocycles. The fourth-order valence-corrected chi connectivity index (χ4v) is 2.67. The molecule has 0 N–H and O–H groups in total. The first-order valence-electron chi connectivity index (χ1n) is 6.27. The molecule has 1 saturated carbocycles. The molecule has 1 aliphatic carbocycles. The van der Waals surface area contributed by atoms with Gasteiger partial charge in [-0.15, -0.1) is 0 Å². The quantitative estimate of drug-likeness (QED) is 0.588. The lowest BCUT2D eigenvalue weighted by atomic mass is 9.86. The maximum absolute atomic E-state index is 12.1. The Morgan fingerprint density at radius 3 is 2.88 bits per heavy atom. The zero-order chi connectivity index (χ0) is 11.7. The smallest absolute Gasteiger partial charge is 0.190 e. The molecule has 88 valence electrons. The van der Waals surface area contributed by atoms with Gasteiger partial charge in [0.25, 0.3) is 0 Å². The predicted molar refractivity (Wildman–Crippen MR) is 66.6 cm³/mol. The van der Waals surface area contributed by atoms with E-state index >= 15 is 0 Å². The van der Waals surface area contributed by atoms with Crippen molar-refractivity contribution in [3.63, 3.8) is 0 Å². The highest BCUT2D eigenvalue weighted by Crippen LogP contribution is 2.48. The van der Waals surface area contributed by atoms with Gasteiger partial charge in [0.1, 0.15) is 0 Å². The summed E-state index contributed by atoms with van der Waals surface area (Å²) >= 11 is 0. The van der Waals surface area contributed by atoms with Crippen LogP contribution in [0.3, 0.4) is 0 Å². The van der Waals surface area contributed by atoms with Gasteiger partial charge < -0.3 is 4.74 Å². The van der Waals surface area contributed by atoms with Gasteiger partial charge in [-0.25, -0.2) is 0 Å². The van der Waals surface area contributed by atoms with Crippen LogP contribution >= 0.6 is 0 Å². The van der Waals surface area contributed by atoms with Gasteiger partial charge in [-0.2, -0.15) is 0 Å². The van der Waals surface area contributed by atoms with Gasteiger partial charge in [-0.05, 0) is 30.9 Å². The molecule has 3 rings (SSSR count). The van der Waals surface area contributed by atoms with Crippen LogP contribution in [0.2, 0.25) is 0 Å². The summed E-state index contributed by atoms with van der Waals surface area (Å²) < 4.78 is 5.61. The van der Waals surface area contributed by atoms with Gasteiger partial charge in [0, 0.05) is 0 Å². The van der Waals surface area contributed by atoms with Crippen LogP contribution in [0.4, 0.5) is 0 Å². The van der Waals surface area contributed by atoms with Crippen molar-refractivity contribution in [2.45, 2.75) is 37.4 Å². The van der Waals surface area contributed by atoms with E-state index in [2.05, 4.69) is 0 Å². The summed E-state index contributed by atoms with van der Waals surface area (Å²) in [6.07, 6.45) is 8.01. The Kier molecular flexibility index (Phi) is 2.60. The van der Waals surface area contributed by atoms with Crippen LogP contribution in [-0.4, -0.2) is 17.5 Å².